The van der Waals surface area contributed by atoms with Gasteiger partial charge in [0, 0.05) is 23.7 Å². The van der Waals surface area contributed by atoms with Crippen molar-refractivity contribution in [1.29, 1.82) is 0 Å². The van der Waals surface area contributed by atoms with Crippen LogP contribution in [0.3, 0.4) is 0 Å². The van der Waals surface area contributed by atoms with Gasteiger partial charge < -0.3 is 20.3 Å². The van der Waals surface area contributed by atoms with Gasteiger partial charge in [0.15, 0.2) is 0 Å². The van der Waals surface area contributed by atoms with Crippen LogP contribution in [0.1, 0.15) is 15.9 Å². The molecule has 0 aliphatic carbocycles. The van der Waals surface area contributed by atoms with E-state index in [1.165, 1.54) is 11.8 Å². The highest BCUT2D eigenvalue weighted by Crippen LogP contribution is 2.24. The maximum absolute atomic E-state index is 12.9. The number of benzene rings is 2. The first-order chi connectivity index (χ1) is 16.1. The number of ether oxygens (including phenoxy) is 1. The fourth-order valence-corrected chi connectivity index (χ4v) is 4.25. The summed E-state index contributed by atoms with van der Waals surface area (Å²) in [6.07, 6.45) is 1.66. The zero-order chi connectivity index (χ0) is 23.0. The molecule has 2 heterocycles. The van der Waals surface area contributed by atoms with Crippen molar-refractivity contribution < 1.29 is 14.3 Å². The van der Waals surface area contributed by atoms with E-state index in [9.17, 15) is 9.59 Å². The fraction of sp³-hybridized carbons (Fsp3) is 0.240. The molecule has 2 aromatic carbocycles. The van der Waals surface area contributed by atoms with E-state index >= 15 is 0 Å². The first-order valence-corrected chi connectivity index (χ1v) is 11.8. The lowest BCUT2D eigenvalue weighted by atomic mass is 10.2. The lowest BCUT2D eigenvalue weighted by Gasteiger charge is -2.27. The minimum absolute atomic E-state index is 0.123. The van der Waals surface area contributed by atoms with Crippen molar-refractivity contribution in [3.05, 3.63) is 78.0 Å². The summed E-state index contributed by atoms with van der Waals surface area (Å²) in [5, 5.41) is 5.78. The summed E-state index contributed by atoms with van der Waals surface area (Å²) in [6.45, 7) is 4.99. The molecule has 1 aromatic heterocycles. The number of carbonyl (C=O) groups excluding carboxylic acids is 2. The van der Waals surface area contributed by atoms with Crippen molar-refractivity contribution in [2.45, 2.75) is 11.8 Å². The third-order valence-electron chi connectivity index (χ3n) is 5.17. The van der Waals surface area contributed by atoms with Gasteiger partial charge in [-0.3, -0.25) is 9.59 Å². The summed E-state index contributed by atoms with van der Waals surface area (Å²) in [4.78, 5) is 32.6. The Labute approximate surface area is 197 Å². The largest absolute Gasteiger partial charge is 0.378 e. The molecular weight excluding hydrogens is 436 g/mol. The molecule has 2 N–H and O–H groups in total. The predicted molar refractivity (Wildman–Crippen MR) is 132 cm³/mol. The van der Waals surface area contributed by atoms with Gasteiger partial charge in [0.25, 0.3) is 5.91 Å². The number of aromatic nitrogens is 1. The predicted octanol–water partition coefficient (Wildman–Crippen LogP) is 4.21. The Morgan fingerprint density at radius 1 is 0.970 bits per heavy atom. The monoisotopic (exact) mass is 462 g/mol. The third kappa shape index (κ3) is 6.34. The Kier molecular flexibility index (Phi) is 7.59. The molecule has 33 heavy (non-hydrogen) atoms. The Morgan fingerprint density at radius 3 is 2.42 bits per heavy atom. The Morgan fingerprint density at radius 2 is 1.70 bits per heavy atom. The van der Waals surface area contributed by atoms with Crippen molar-refractivity contribution >= 4 is 40.8 Å². The van der Waals surface area contributed by atoms with Gasteiger partial charge in [-0.1, -0.05) is 29.8 Å². The van der Waals surface area contributed by atoms with E-state index < -0.39 is 0 Å². The van der Waals surface area contributed by atoms with Crippen LogP contribution in [0.5, 0.6) is 0 Å². The summed E-state index contributed by atoms with van der Waals surface area (Å²) in [6, 6.07) is 18.7. The molecule has 8 heteroatoms. The average molecular weight is 463 g/mol. The van der Waals surface area contributed by atoms with Crippen molar-refractivity contribution in [2.24, 2.45) is 0 Å². The van der Waals surface area contributed by atoms with Gasteiger partial charge in [0.05, 0.1) is 36.4 Å². The standard InChI is InChI=1S/C25H26N4O3S/c1-18-6-8-19(9-7-18)27-24(30)17-33-22-5-3-2-4-21(22)25(31)28-20-10-11-23(26-16-20)29-12-14-32-15-13-29/h2-11,16H,12-15,17H2,1H3,(H,27,30)(H,28,31). The number of hydrogen-bond donors (Lipinski definition) is 2. The number of hydrogen-bond acceptors (Lipinski definition) is 6. The summed E-state index contributed by atoms with van der Waals surface area (Å²) < 4.78 is 5.37. The second-order valence-corrected chi connectivity index (χ2v) is 8.67. The van der Waals surface area contributed by atoms with E-state index in [1.807, 2.05) is 61.5 Å². The zero-order valence-electron chi connectivity index (χ0n) is 18.4. The SMILES string of the molecule is Cc1ccc(NC(=O)CSc2ccccc2C(=O)Nc2ccc(N3CCOCC3)nc2)cc1. The number of thioether (sulfide) groups is 1. The summed E-state index contributed by atoms with van der Waals surface area (Å²) in [5.41, 5.74) is 3.02. The Bertz CT molecular complexity index is 1100. The highest BCUT2D eigenvalue weighted by Gasteiger charge is 2.15. The molecule has 4 rings (SSSR count). The van der Waals surface area contributed by atoms with Crippen LogP contribution in [0.25, 0.3) is 0 Å². The molecule has 2 amide bonds. The van der Waals surface area contributed by atoms with Crippen LogP contribution in [0.2, 0.25) is 0 Å². The Balaban J connectivity index is 1.35. The number of nitrogens with zero attached hydrogens (tertiary/aromatic N) is 2. The number of aryl methyl sites for hydroxylation is 1. The second-order valence-electron chi connectivity index (χ2n) is 7.66. The molecule has 3 aromatic rings. The fourth-order valence-electron chi connectivity index (χ4n) is 3.40. The van der Waals surface area contributed by atoms with Gasteiger partial charge in [0.2, 0.25) is 5.91 Å². The molecule has 0 spiro atoms. The van der Waals surface area contributed by atoms with Crippen LogP contribution < -0.4 is 15.5 Å². The molecule has 1 fully saturated rings. The van der Waals surface area contributed by atoms with Gasteiger partial charge in [-0.25, -0.2) is 4.98 Å². The maximum atomic E-state index is 12.9. The maximum Gasteiger partial charge on any atom is 0.256 e. The minimum Gasteiger partial charge on any atom is -0.378 e. The lowest BCUT2D eigenvalue weighted by molar-refractivity contribution is -0.113. The Hall–Kier alpha value is -3.36. The summed E-state index contributed by atoms with van der Waals surface area (Å²) in [7, 11) is 0. The van der Waals surface area contributed by atoms with Gasteiger partial charge in [-0.15, -0.1) is 11.8 Å². The van der Waals surface area contributed by atoms with E-state index in [2.05, 4.69) is 20.5 Å². The van der Waals surface area contributed by atoms with Gasteiger partial charge in [-0.05, 0) is 43.3 Å². The van der Waals surface area contributed by atoms with Crippen LogP contribution in [0, 0.1) is 6.92 Å². The van der Waals surface area contributed by atoms with Crippen LogP contribution in [-0.4, -0.2) is 48.9 Å². The highest BCUT2D eigenvalue weighted by atomic mass is 32.2. The molecular formula is C25H26N4O3S. The molecule has 1 aliphatic heterocycles. The van der Waals surface area contributed by atoms with E-state index in [4.69, 9.17) is 4.74 Å². The van der Waals surface area contributed by atoms with Gasteiger partial charge in [-0.2, -0.15) is 0 Å². The normalized spacial score (nSPS) is 13.4. The van der Waals surface area contributed by atoms with Gasteiger partial charge in [0.1, 0.15) is 5.82 Å². The number of carbonyl (C=O) groups is 2. The number of pyridine rings is 1. The number of anilines is 3. The van der Waals surface area contributed by atoms with Crippen molar-refractivity contribution in [3.63, 3.8) is 0 Å². The highest BCUT2D eigenvalue weighted by molar-refractivity contribution is 8.00. The zero-order valence-corrected chi connectivity index (χ0v) is 19.2. The molecule has 0 saturated carbocycles. The number of morpholine rings is 1. The topological polar surface area (TPSA) is 83.6 Å². The first-order valence-electron chi connectivity index (χ1n) is 10.8. The van der Waals surface area contributed by atoms with E-state index in [-0.39, 0.29) is 17.6 Å². The van der Waals surface area contributed by atoms with Crippen LogP contribution in [-0.2, 0) is 9.53 Å². The average Bonchev–Trinajstić information content (AvgIpc) is 2.85. The van der Waals surface area contributed by atoms with E-state index in [0.717, 1.165) is 35.1 Å². The quantitative estimate of drug-likeness (QED) is 0.512. The number of rotatable bonds is 7. The molecule has 0 radical (unpaired) electrons. The molecule has 0 atom stereocenters. The van der Waals surface area contributed by atoms with Gasteiger partial charge >= 0.3 is 0 Å². The number of amides is 2. The van der Waals surface area contributed by atoms with Crippen LogP contribution in [0.4, 0.5) is 17.2 Å². The molecule has 0 bridgehead atoms. The van der Waals surface area contributed by atoms with Crippen molar-refractivity contribution in [3.8, 4) is 0 Å². The van der Waals surface area contributed by atoms with Crippen LogP contribution in [0.15, 0.2) is 71.8 Å². The van der Waals surface area contributed by atoms with Crippen LogP contribution >= 0.6 is 11.8 Å². The molecule has 0 unspecified atom stereocenters. The van der Waals surface area contributed by atoms with E-state index in [1.54, 1.807) is 12.3 Å². The molecule has 1 saturated heterocycles. The summed E-state index contributed by atoms with van der Waals surface area (Å²) in [5.74, 6) is 0.709. The lowest BCUT2D eigenvalue weighted by Crippen LogP contribution is -2.36. The third-order valence-corrected chi connectivity index (χ3v) is 6.24. The van der Waals surface area contributed by atoms with Crippen molar-refractivity contribution in [2.75, 3.05) is 47.6 Å². The first kappa shape index (κ1) is 22.8. The smallest absolute Gasteiger partial charge is 0.256 e. The second kappa shape index (κ2) is 11.0. The summed E-state index contributed by atoms with van der Waals surface area (Å²) >= 11 is 1.33. The van der Waals surface area contributed by atoms with Crippen molar-refractivity contribution in [1.82, 2.24) is 4.98 Å². The molecule has 7 nitrogen and oxygen atoms in total. The van der Waals surface area contributed by atoms with E-state index in [0.29, 0.717) is 24.5 Å². The number of nitrogens with one attached hydrogen (secondary N) is 2. The molecule has 170 valence electrons. The minimum atomic E-state index is -0.238. The molecule has 1 aliphatic rings.